The predicted molar refractivity (Wildman–Crippen MR) is 63.5 cm³/mol. The number of oxazole rings is 1. The van der Waals surface area contributed by atoms with Gasteiger partial charge in [0.25, 0.3) is 5.78 Å². The smallest absolute Gasteiger partial charge is 0.439 e. The summed E-state index contributed by atoms with van der Waals surface area (Å²) in [7, 11) is 0. The summed E-state index contributed by atoms with van der Waals surface area (Å²) in [5.41, 5.74) is 0.414. The molecule has 0 unspecified atom stereocenters. The zero-order valence-electron chi connectivity index (χ0n) is 10.3. The van der Waals surface area contributed by atoms with Crippen molar-refractivity contribution in [3.05, 3.63) is 42.0 Å². The molecule has 0 aliphatic carbocycles. The number of hydrogen-bond acceptors (Lipinski definition) is 5. The lowest BCUT2D eigenvalue weighted by Gasteiger charge is -1.99. The largest absolute Gasteiger partial charge is 0.456 e. The van der Waals surface area contributed by atoms with Crippen molar-refractivity contribution in [1.82, 2.24) is 20.0 Å². The molecule has 2 aromatic heterocycles. The third-order valence-corrected chi connectivity index (χ3v) is 2.66. The molecule has 0 saturated heterocycles. The Morgan fingerprint density at radius 1 is 1.29 bits per heavy atom. The highest BCUT2D eigenvalue weighted by Crippen LogP contribution is 2.20. The van der Waals surface area contributed by atoms with Crippen molar-refractivity contribution < 1.29 is 22.4 Å². The maximum absolute atomic E-state index is 12.3. The first kappa shape index (κ1) is 13.3. The van der Waals surface area contributed by atoms with Gasteiger partial charge in [-0.05, 0) is 12.1 Å². The van der Waals surface area contributed by atoms with Gasteiger partial charge in [0, 0.05) is 0 Å². The number of halogens is 3. The third-order valence-electron chi connectivity index (χ3n) is 2.66. The van der Waals surface area contributed by atoms with Crippen molar-refractivity contribution in [1.29, 1.82) is 0 Å². The molecular weight excluding hydrogens is 289 g/mol. The number of para-hydroxylation sites is 2. The van der Waals surface area contributed by atoms with E-state index in [-0.39, 0.29) is 12.4 Å². The van der Waals surface area contributed by atoms with Crippen LogP contribution in [0.5, 0.6) is 0 Å². The highest BCUT2D eigenvalue weighted by Gasteiger charge is 2.41. The van der Waals surface area contributed by atoms with Crippen LogP contribution in [0.3, 0.4) is 0 Å². The molecule has 9 heteroatoms. The number of hydrogen-bond donors (Lipinski definition) is 0. The van der Waals surface area contributed by atoms with E-state index < -0.39 is 17.7 Å². The molecule has 0 aliphatic rings. The molecular formula is C12H7F3N4O2. The Morgan fingerprint density at radius 3 is 2.76 bits per heavy atom. The van der Waals surface area contributed by atoms with Crippen LogP contribution in [-0.2, 0) is 6.54 Å². The van der Waals surface area contributed by atoms with Gasteiger partial charge < -0.3 is 4.42 Å². The van der Waals surface area contributed by atoms with Crippen molar-refractivity contribution in [3.63, 3.8) is 0 Å². The van der Waals surface area contributed by atoms with Gasteiger partial charge in [-0.25, -0.2) is 9.67 Å². The van der Waals surface area contributed by atoms with Gasteiger partial charge in [-0.15, -0.1) is 5.10 Å². The SMILES string of the molecule is O=C(c1cn(Cc2nc3ccccc3o2)nn1)C(F)(F)F. The first-order chi connectivity index (χ1) is 9.93. The van der Waals surface area contributed by atoms with Crippen LogP contribution in [0.25, 0.3) is 11.1 Å². The van der Waals surface area contributed by atoms with Gasteiger partial charge in [0.05, 0.1) is 6.20 Å². The summed E-state index contributed by atoms with van der Waals surface area (Å²) in [6.45, 7) is -0.0210. The summed E-state index contributed by atoms with van der Waals surface area (Å²) >= 11 is 0. The van der Waals surface area contributed by atoms with E-state index >= 15 is 0 Å². The molecule has 2 heterocycles. The first-order valence-electron chi connectivity index (χ1n) is 5.79. The minimum absolute atomic E-state index is 0.0210. The molecule has 3 aromatic rings. The van der Waals surface area contributed by atoms with Crippen LogP contribution >= 0.6 is 0 Å². The molecule has 1 aromatic carbocycles. The van der Waals surface area contributed by atoms with E-state index in [1.807, 2.05) is 0 Å². The Labute approximate surface area is 115 Å². The second-order valence-corrected chi connectivity index (χ2v) is 4.20. The first-order valence-corrected chi connectivity index (χ1v) is 5.79. The molecule has 0 radical (unpaired) electrons. The second kappa shape index (κ2) is 4.69. The second-order valence-electron chi connectivity index (χ2n) is 4.20. The number of Topliss-reactive ketones (excluding diaryl/α,β-unsaturated/α-hetero) is 1. The number of fused-ring (bicyclic) bond motifs is 1. The molecule has 6 nitrogen and oxygen atoms in total. The Hall–Kier alpha value is -2.71. The van der Waals surface area contributed by atoms with E-state index in [0.29, 0.717) is 11.1 Å². The highest BCUT2D eigenvalue weighted by molar-refractivity contribution is 5.98. The highest BCUT2D eigenvalue weighted by atomic mass is 19.4. The summed E-state index contributed by atoms with van der Waals surface area (Å²) in [6, 6.07) is 7.01. The number of benzene rings is 1. The summed E-state index contributed by atoms with van der Waals surface area (Å²) in [6.07, 6.45) is -4.07. The molecule has 0 bridgehead atoms. The van der Waals surface area contributed by atoms with Crippen LogP contribution in [0.15, 0.2) is 34.9 Å². The standard InChI is InChI=1S/C12H7F3N4O2/c13-12(14,15)11(20)8-5-19(18-17-8)6-10-16-7-3-1-2-4-9(7)21-10/h1-5H,6H2. The van der Waals surface area contributed by atoms with Gasteiger partial charge in [0.2, 0.25) is 5.89 Å². The Bertz CT molecular complexity index is 773. The van der Waals surface area contributed by atoms with Crippen LogP contribution < -0.4 is 0 Å². The van der Waals surface area contributed by atoms with Gasteiger partial charge >= 0.3 is 6.18 Å². The van der Waals surface area contributed by atoms with Gasteiger partial charge in [-0.2, -0.15) is 13.2 Å². The minimum atomic E-state index is -4.97. The van der Waals surface area contributed by atoms with Crippen LogP contribution in [0, 0.1) is 0 Å². The zero-order valence-corrected chi connectivity index (χ0v) is 10.3. The lowest BCUT2D eigenvalue weighted by atomic mass is 10.3. The number of nitrogens with zero attached hydrogens (tertiary/aromatic N) is 4. The van der Waals surface area contributed by atoms with Crippen molar-refractivity contribution in [2.75, 3.05) is 0 Å². The normalized spacial score (nSPS) is 12.0. The molecule has 0 atom stereocenters. The molecule has 21 heavy (non-hydrogen) atoms. The topological polar surface area (TPSA) is 73.8 Å². The molecule has 0 aliphatic heterocycles. The van der Waals surface area contributed by atoms with Crippen molar-refractivity contribution in [2.24, 2.45) is 0 Å². The Kier molecular flexibility index (Phi) is 2.96. The van der Waals surface area contributed by atoms with Crippen molar-refractivity contribution in [2.45, 2.75) is 12.7 Å². The fourth-order valence-electron chi connectivity index (χ4n) is 1.75. The Morgan fingerprint density at radius 2 is 2.05 bits per heavy atom. The predicted octanol–water partition coefficient (Wildman–Crippen LogP) is 2.21. The fraction of sp³-hybridized carbons (Fsp3) is 0.167. The van der Waals surface area contributed by atoms with E-state index in [2.05, 4.69) is 15.3 Å². The van der Waals surface area contributed by atoms with Gasteiger partial charge in [-0.1, -0.05) is 17.3 Å². The van der Waals surface area contributed by atoms with Gasteiger partial charge in [0.1, 0.15) is 12.1 Å². The number of aromatic nitrogens is 4. The summed E-state index contributed by atoms with van der Waals surface area (Å²) < 4.78 is 43.2. The molecule has 0 spiro atoms. The van der Waals surface area contributed by atoms with E-state index in [4.69, 9.17) is 4.42 Å². The average Bonchev–Trinajstić information content (AvgIpc) is 3.03. The van der Waals surface area contributed by atoms with Crippen LogP contribution in [0.4, 0.5) is 13.2 Å². The van der Waals surface area contributed by atoms with Crippen LogP contribution in [-0.4, -0.2) is 31.9 Å². The summed E-state index contributed by atoms with van der Waals surface area (Å²) in [4.78, 5) is 15.1. The van der Waals surface area contributed by atoms with Crippen molar-refractivity contribution in [3.8, 4) is 0 Å². The number of carbonyl (C=O) groups is 1. The quantitative estimate of drug-likeness (QED) is 0.693. The maximum Gasteiger partial charge on any atom is 0.456 e. The molecule has 0 saturated carbocycles. The molecule has 0 amide bonds. The van der Waals surface area contributed by atoms with Crippen molar-refractivity contribution >= 4 is 16.9 Å². The fourth-order valence-corrected chi connectivity index (χ4v) is 1.75. The number of carbonyl (C=O) groups excluding carboxylic acids is 1. The summed E-state index contributed by atoms with van der Waals surface area (Å²) in [5.74, 6) is -1.78. The van der Waals surface area contributed by atoms with Crippen LogP contribution in [0.2, 0.25) is 0 Å². The lowest BCUT2D eigenvalue weighted by Crippen LogP contribution is -2.23. The maximum atomic E-state index is 12.3. The van der Waals surface area contributed by atoms with Crippen LogP contribution in [0.1, 0.15) is 16.4 Å². The van der Waals surface area contributed by atoms with E-state index in [1.165, 1.54) is 0 Å². The summed E-state index contributed by atoms with van der Waals surface area (Å²) in [5, 5.41) is 6.67. The molecule has 108 valence electrons. The van der Waals surface area contributed by atoms with E-state index in [0.717, 1.165) is 10.9 Å². The molecule has 0 fully saturated rings. The lowest BCUT2D eigenvalue weighted by molar-refractivity contribution is -0.0888. The average molecular weight is 296 g/mol. The number of ketones is 1. The zero-order chi connectivity index (χ0) is 15.0. The molecule has 3 rings (SSSR count). The van der Waals surface area contributed by atoms with Gasteiger partial charge in [-0.3, -0.25) is 4.79 Å². The number of alkyl halides is 3. The minimum Gasteiger partial charge on any atom is -0.439 e. The van der Waals surface area contributed by atoms with Gasteiger partial charge in [0.15, 0.2) is 11.3 Å². The Balaban J connectivity index is 1.82. The molecule has 0 N–H and O–H groups in total. The monoisotopic (exact) mass is 296 g/mol. The van der Waals surface area contributed by atoms with E-state index in [9.17, 15) is 18.0 Å². The van der Waals surface area contributed by atoms with E-state index in [1.54, 1.807) is 24.3 Å². The third kappa shape index (κ3) is 2.62. The number of rotatable bonds is 3.